The molecule has 0 heterocycles. The Morgan fingerprint density at radius 2 is 2.14 bits per heavy atom. The van der Waals surface area contributed by atoms with Gasteiger partial charge in [0, 0.05) is 25.1 Å². The SMILES string of the molecule is CCC(=CCNCCC(N)=O)C(=O)O. The summed E-state index contributed by atoms with van der Waals surface area (Å²) in [5.41, 5.74) is 5.29. The molecule has 0 aliphatic rings. The van der Waals surface area contributed by atoms with Crippen molar-refractivity contribution in [2.75, 3.05) is 13.1 Å². The molecule has 4 N–H and O–H groups in total. The molecule has 0 fully saturated rings. The third-order valence-electron chi connectivity index (χ3n) is 1.70. The zero-order valence-corrected chi connectivity index (χ0v) is 8.25. The summed E-state index contributed by atoms with van der Waals surface area (Å²) in [4.78, 5) is 20.9. The van der Waals surface area contributed by atoms with E-state index in [0.717, 1.165) is 0 Å². The van der Waals surface area contributed by atoms with E-state index < -0.39 is 5.97 Å². The summed E-state index contributed by atoms with van der Waals surface area (Å²) in [5.74, 6) is -1.26. The summed E-state index contributed by atoms with van der Waals surface area (Å²) in [6.07, 6.45) is 2.36. The fourth-order valence-electron chi connectivity index (χ4n) is 0.892. The predicted octanol–water partition coefficient (Wildman–Crippen LogP) is -0.128. The van der Waals surface area contributed by atoms with Gasteiger partial charge in [0.25, 0.3) is 0 Å². The molecule has 0 aliphatic heterocycles. The number of primary amides is 1. The lowest BCUT2D eigenvalue weighted by Gasteiger charge is -2.00. The highest BCUT2D eigenvalue weighted by Crippen LogP contribution is 1.98. The number of nitrogens with two attached hydrogens (primary N) is 1. The highest BCUT2D eigenvalue weighted by Gasteiger charge is 2.02. The Morgan fingerprint density at radius 3 is 2.57 bits per heavy atom. The van der Waals surface area contributed by atoms with Gasteiger partial charge < -0.3 is 16.2 Å². The minimum absolute atomic E-state index is 0.266. The molecule has 0 saturated heterocycles. The Bertz CT molecular complexity index is 236. The highest BCUT2D eigenvalue weighted by molar-refractivity contribution is 5.86. The average Bonchev–Trinajstić information content (AvgIpc) is 2.10. The molecule has 0 unspecified atom stereocenters. The summed E-state index contributed by atoms with van der Waals surface area (Å²) in [6, 6.07) is 0. The van der Waals surface area contributed by atoms with Gasteiger partial charge in [0.05, 0.1) is 0 Å². The molecule has 0 rings (SSSR count). The van der Waals surface area contributed by atoms with Gasteiger partial charge in [0.2, 0.25) is 5.91 Å². The number of aliphatic carboxylic acids is 1. The number of amides is 1. The number of carboxylic acids is 1. The molecule has 0 aromatic rings. The van der Waals surface area contributed by atoms with Crippen molar-refractivity contribution in [1.29, 1.82) is 0 Å². The largest absolute Gasteiger partial charge is 0.478 e. The Labute approximate surface area is 83.0 Å². The van der Waals surface area contributed by atoms with Gasteiger partial charge in [-0.1, -0.05) is 13.0 Å². The summed E-state index contributed by atoms with van der Waals surface area (Å²) < 4.78 is 0. The molecule has 14 heavy (non-hydrogen) atoms. The monoisotopic (exact) mass is 200 g/mol. The van der Waals surface area contributed by atoms with Gasteiger partial charge in [0.15, 0.2) is 0 Å². The molecule has 80 valence electrons. The van der Waals surface area contributed by atoms with Crippen LogP contribution in [0.25, 0.3) is 0 Å². The van der Waals surface area contributed by atoms with Gasteiger partial charge in [-0.2, -0.15) is 0 Å². The van der Waals surface area contributed by atoms with Crippen LogP contribution in [0.1, 0.15) is 19.8 Å². The van der Waals surface area contributed by atoms with E-state index in [9.17, 15) is 9.59 Å². The van der Waals surface area contributed by atoms with Crippen LogP contribution in [-0.4, -0.2) is 30.1 Å². The third kappa shape index (κ3) is 6.19. The van der Waals surface area contributed by atoms with Crippen molar-refractivity contribution in [1.82, 2.24) is 5.32 Å². The molecule has 0 saturated carbocycles. The number of carbonyl (C=O) groups is 2. The minimum Gasteiger partial charge on any atom is -0.478 e. The topological polar surface area (TPSA) is 92.4 Å². The van der Waals surface area contributed by atoms with Crippen LogP contribution in [0.2, 0.25) is 0 Å². The molecule has 0 spiro atoms. The van der Waals surface area contributed by atoms with Gasteiger partial charge >= 0.3 is 5.97 Å². The quantitative estimate of drug-likeness (QED) is 0.394. The smallest absolute Gasteiger partial charge is 0.331 e. The first-order valence-electron chi connectivity index (χ1n) is 4.49. The zero-order chi connectivity index (χ0) is 11.0. The lowest BCUT2D eigenvalue weighted by Crippen LogP contribution is -2.22. The highest BCUT2D eigenvalue weighted by atomic mass is 16.4. The number of hydrogen-bond acceptors (Lipinski definition) is 3. The Morgan fingerprint density at radius 1 is 1.50 bits per heavy atom. The molecule has 0 atom stereocenters. The van der Waals surface area contributed by atoms with E-state index in [2.05, 4.69) is 5.32 Å². The van der Waals surface area contributed by atoms with Gasteiger partial charge in [0.1, 0.15) is 0 Å². The van der Waals surface area contributed by atoms with E-state index >= 15 is 0 Å². The molecule has 0 aromatic heterocycles. The van der Waals surface area contributed by atoms with E-state index in [1.54, 1.807) is 13.0 Å². The number of carboxylic acid groups (broad SMARTS) is 1. The third-order valence-corrected chi connectivity index (χ3v) is 1.70. The summed E-state index contributed by atoms with van der Waals surface area (Å²) in [7, 11) is 0. The van der Waals surface area contributed by atoms with Gasteiger partial charge in [-0.15, -0.1) is 0 Å². The van der Waals surface area contributed by atoms with E-state index in [1.165, 1.54) is 0 Å². The maximum Gasteiger partial charge on any atom is 0.331 e. The first-order chi connectivity index (χ1) is 6.57. The second-order valence-corrected chi connectivity index (χ2v) is 2.81. The van der Waals surface area contributed by atoms with Crippen molar-refractivity contribution < 1.29 is 14.7 Å². The molecule has 5 heteroatoms. The number of carbonyl (C=O) groups excluding carboxylic acids is 1. The van der Waals surface area contributed by atoms with Crippen LogP contribution >= 0.6 is 0 Å². The second-order valence-electron chi connectivity index (χ2n) is 2.81. The van der Waals surface area contributed by atoms with Crippen LogP contribution in [-0.2, 0) is 9.59 Å². The Kier molecular flexibility index (Phi) is 6.39. The van der Waals surface area contributed by atoms with Crippen molar-refractivity contribution in [2.45, 2.75) is 19.8 Å². The molecule has 0 radical (unpaired) electrons. The average molecular weight is 200 g/mol. The summed E-state index contributed by atoms with van der Waals surface area (Å²) in [6.45, 7) is 2.70. The molecule has 0 aromatic carbocycles. The predicted molar refractivity (Wildman–Crippen MR) is 52.7 cm³/mol. The van der Waals surface area contributed by atoms with E-state index in [-0.39, 0.29) is 12.3 Å². The molecular weight excluding hydrogens is 184 g/mol. The second kappa shape index (κ2) is 7.08. The van der Waals surface area contributed by atoms with Crippen molar-refractivity contribution >= 4 is 11.9 Å². The first-order valence-corrected chi connectivity index (χ1v) is 4.49. The standard InChI is InChI=1S/C9H16N2O3/c1-2-7(9(13)14)3-5-11-6-4-8(10)12/h3,11H,2,4-6H2,1H3,(H2,10,12)(H,13,14). The van der Waals surface area contributed by atoms with Crippen LogP contribution < -0.4 is 11.1 Å². The lowest BCUT2D eigenvalue weighted by atomic mass is 10.2. The Hall–Kier alpha value is -1.36. The summed E-state index contributed by atoms with van der Waals surface area (Å²) >= 11 is 0. The molecule has 5 nitrogen and oxygen atoms in total. The summed E-state index contributed by atoms with van der Waals surface area (Å²) in [5, 5.41) is 11.5. The number of hydrogen-bond donors (Lipinski definition) is 3. The fourth-order valence-corrected chi connectivity index (χ4v) is 0.892. The minimum atomic E-state index is -0.899. The van der Waals surface area contributed by atoms with Crippen LogP contribution in [0.3, 0.4) is 0 Å². The van der Waals surface area contributed by atoms with Gasteiger partial charge in [-0.05, 0) is 6.42 Å². The fraction of sp³-hybridized carbons (Fsp3) is 0.556. The molecular formula is C9H16N2O3. The first kappa shape index (κ1) is 12.6. The van der Waals surface area contributed by atoms with Gasteiger partial charge in [-0.3, -0.25) is 4.79 Å². The molecule has 0 aliphatic carbocycles. The van der Waals surface area contributed by atoms with Crippen LogP contribution in [0, 0.1) is 0 Å². The van der Waals surface area contributed by atoms with Crippen molar-refractivity contribution in [2.24, 2.45) is 5.73 Å². The van der Waals surface area contributed by atoms with Crippen LogP contribution in [0.5, 0.6) is 0 Å². The molecule has 1 amide bonds. The van der Waals surface area contributed by atoms with Crippen LogP contribution in [0.15, 0.2) is 11.6 Å². The van der Waals surface area contributed by atoms with Crippen molar-refractivity contribution in [3.05, 3.63) is 11.6 Å². The maximum atomic E-state index is 10.5. The van der Waals surface area contributed by atoms with E-state index in [0.29, 0.717) is 25.1 Å². The number of rotatable bonds is 7. The van der Waals surface area contributed by atoms with Crippen LogP contribution in [0.4, 0.5) is 0 Å². The van der Waals surface area contributed by atoms with E-state index in [1.807, 2.05) is 0 Å². The maximum absolute atomic E-state index is 10.5. The Balaban J connectivity index is 3.69. The van der Waals surface area contributed by atoms with Crippen molar-refractivity contribution in [3.63, 3.8) is 0 Å². The zero-order valence-electron chi connectivity index (χ0n) is 8.25. The molecule has 0 bridgehead atoms. The number of nitrogens with one attached hydrogen (secondary N) is 1. The van der Waals surface area contributed by atoms with E-state index in [4.69, 9.17) is 10.8 Å². The lowest BCUT2D eigenvalue weighted by molar-refractivity contribution is -0.132. The van der Waals surface area contributed by atoms with Crippen molar-refractivity contribution in [3.8, 4) is 0 Å². The normalized spacial score (nSPS) is 11.4. The van der Waals surface area contributed by atoms with Gasteiger partial charge in [-0.25, -0.2) is 4.79 Å².